The van der Waals surface area contributed by atoms with Crippen molar-refractivity contribution in [3.05, 3.63) is 53.3 Å². The third kappa shape index (κ3) is 3.92. The van der Waals surface area contributed by atoms with E-state index in [0.717, 1.165) is 0 Å². The van der Waals surface area contributed by atoms with Gasteiger partial charge in [0.15, 0.2) is 0 Å². The van der Waals surface area contributed by atoms with Crippen molar-refractivity contribution < 1.29 is 13.2 Å². The third-order valence-electron chi connectivity index (χ3n) is 3.41. The van der Waals surface area contributed by atoms with Gasteiger partial charge in [0.2, 0.25) is 10.0 Å². The Labute approximate surface area is 146 Å². The summed E-state index contributed by atoms with van der Waals surface area (Å²) >= 11 is 6.06. The van der Waals surface area contributed by atoms with E-state index in [4.69, 9.17) is 11.6 Å². The van der Waals surface area contributed by atoms with Crippen LogP contribution in [0, 0.1) is 0 Å². The minimum Gasteiger partial charge on any atom is -0.321 e. The van der Waals surface area contributed by atoms with Crippen molar-refractivity contribution in [2.24, 2.45) is 0 Å². The first kappa shape index (κ1) is 18.4. The molecule has 0 radical (unpaired) electrons. The summed E-state index contributed by atoms with van der Waals surface area (Å²) in [7, 11) is -3.72. The molecule has 0 aliphatic carbocycles. The number of amides is 1. The molecule has 0 unspecified atom stereocenters. The van der Waals surface area contributed by atoms with E-state index < -0.39 is 15.9 Å². The molecule has 0 aliphatic heterocycles. The highest BCUT2D eigenvalue weighted by atomic mass is 35.5. The van der Waals surface area contributed by atoms with Crippen LogP contribution in [0.25, 0.3) is 0 Å². The summed E-state index contributed by atoms with van der Waals surface area (Å²) < 4.78 is 26.6. The van der Waals surface area contributed by atoms with Gasteiger partial charge in [0.05, 0.1) is 5.02 Å². The van der Waals surface area contributed by atoms with Crippen LogP contribution in [0.4, 0.5) is 5.69 Å². The average Bonchev–Trinajstić information content (AvgIpc) is 2.58. The number of pyridine rings is 1. The topological polar surface area (TPSA) is 79.4 Å². The number of halogens is 1. The van der Waals surface area contributed by atoms with Crippen LogP contribution in [0.5, 0.6) is 0 Å². The quantitative estimate of drug-likeness (QED) is 0.851. The first-order chi connectivity index (χ1) is 11.4. The number of nitrogens with one attached hydrogen (secondary N) is 1. The second kappa shape index (κ2) is 7.74. The molecule has 1 aromatic heterocycles. The van der Waals surface area contributed by atoms with E-state index in [1.807, 2.05) is 0 Å². The number of carbonyl (C=O) groups is 1. The number of rotatable bonds is 6. The van der Waals surface area contributed by atoms with Gasteiger partial charge < -0.3 is 5.32 Å². The summed E-state index contributed by atoms with van der Waals surface area (Å²) in [5, 5.41) is 2.74. The van der Waals surface area contributed by atoms with E-state index in [0.29, 0.717) is 18.8 Å². The Balaban J connectivity index is 2.34. The summed E-state index contributed by atoms with van der Waals surface area (Å²) in [5.74, 6) is -0.427. The fourth-order valence-corrected chi connectivity index (χ4v) is 4.13. The molecule has 1 N–H and O–H groups in total. The molecule has 0 saturated heterocycles. The number of benzene rings is 1. The van der Waals surface area contributed by atoms with Crippen LogP contribution < -0.4 is 5.32 Å². The average molecular weight is 368 g/mol. The molecule has 6 nitrogen and oxygen atoms in total. The second-order valence-electron chi connectivity index (χ2n) is 4.90. The highest BCUT2D eigenvalue weighted by molar-refractivity contribution is 7.89. The zero-order valence-corrected chi connectivity index (χ0v) is 14.9. The highest BCUT2D eigenvalue weighted by Crippen LogP contribution is 2.27. The molecule has 0 saturated carbocycles. The number of nitrogens with zero attached hydrogens (tertiary/aromatic N) is 2. The Morgan fingerprint density at radius 1 is 1.21 bits per heavy atom. The van der Waals surface area contributed by atoms with Crippen LogP contribution >= 0.6 is 11.6 Å². The van der Waals surface area contributed by atoms with Crippen molar-refractivity contribution in [2.75, 3.05) is 18.4 Å². The summed E-state index contributed by atoms with van der Waals surface area (Å²) in [4.78, 5) is 16.1. The lowest BCUT2D eigenvalue weighted by molar-refractivity contribution is 0.102. The van der Waals surface area contributed by atoms with E-state index in [-0.39, 0.29) is 15.6 Å². The highest BCUT2D eigenvalue weighted by Gasteiger charge is 2.25. The molecule has 2 rings (SSSR count). The molecule has 0 aliphatic rings. The maximum atomic E-state index is 12.6. The van der Waals surface area contributed by atoms with Gasteiger partial charge in [-0.1, -0.05) is 31.5 Å². The van der Waals surface area contributed by atoms with Crippen molar-refractivity contribution in [3.63, 3.8) is 0 Å². The third-order valence-corrected chi connectivity index (χ3v) is 5.94. The Morgan fingerprint density at radius 2 is 1.92 bits per heavy atom. The number of hydrogen-bond donors (Lipinski definition) is 1. The molecule has 1 heterocycles. The summed E-state index contributed by atoms with van der Waals surface area (Å²) in [6.07, 6.45) is 1.51. The maximum absolute atomic E-state index is 12.6. The smallest absolute Gasteiger partial charge is 0.274 e. The van der Waals surface area contributed by atoms with Gasteiger partial charge in [-0.15, -0.1) is 0 Å². The van der Waals surface area contributed by atoms with Gasteiger partial charge in [0.1, 0.15) is 10.6 Å². The first-order valence-corrected chi connectivity index (χ1v) is 9.24. The van der Waals surface area contributed by atoms with Crippen molar-refractivity contribution in [1.29, 1.82) is 0 Å². The number of carbonyl (C=O) groups excluding carboxylic acids is 1. The van der Waals surface area contributed by atoms with Crippen LogP contribution in [-0.2, 0) is 10.0 Å². The van der Waals surface area contributed by atoms with Gasteiger partial charge in [0, 0.05) is 25.0 Å². The molecule has 0 spiro atoms. The van der Waals surface area contributed by atoms with Gasteiger partial charge in [-0.3, -0.25) is 9.78 Å². The van der Waals surface area contributed by atoms with Gasteiger partial charge in [-0.2, -0.15) is 4.31 Å². The van der Waals surface area contributed by atoms with Gasteiger partial charge >= 0.3 is 0 Å². The SMILES string of the molecule is CCN(CC)S(=O)(=O)c1cc(NC(=O)c2ccccn2)ccc1Cl. The Bertz CT molecular complexity index is 822. The van der Waals surface area contributed by atoms with Crippen LogP contribution in [0.15, 0.2) is 47.5 Å². The fraction of sp³-hybridized carbons (Fsp3) is 0.250. The summed E-state index contributed by atoms with van der Waals surface area (Å²) in [6, 6.07) is 9.32. The maximum Gasteiger partial charge on any atom is 0.274 e. The minimum absolute atomic E-state index is 0.0355. The molecular weight excluding hydrogens is 350 g/mol. The Hall–Kier alpha value is -1.96. The molecular formula is C16H18ClN3O3S. The van der Waals surface area contributed by atoms with E-state index in [1.165, 1.54) is 22.6 Å². The predicted molar refractivity (Wildman–Crippen MR) is 93.7 cm³/mol. The Kier molecular flexibility index (Phi) is 5.93. The van der Waals surface area contributed by atoms with E-state index >= 15 is 0 Å². The van der Waals surface area contributed by atoms with Crippen LogP contribution in [0.2, 0.25) is 5.02 Å². The van der Waals surface area contributed by atoms with Crippen molar-refractivity contribution >= 4 is 33.2 Å². The normalized spacial score (nSPS) is 11.5. The van der Waals surface area contributed by atoms with Crippen molar-refractivity contribution in [2.45, 2.75) is 18.7 Å². The number of aromatic nitrogens is 1. The molecule has 2 aromatic rings. The Morgan fingerprint density at radius 3 is 2.50 bits per heavy atom. The number of anilines is 1. The molecule has 0 bridgehead atoms. The molecule has 1 amide bonds. The van der Waals surface area contributed by atoms with Crippen LogP contribution in [0.1, 0.15) is 24.3 Å². The fourth-order valence-electron chi connectivity index (χ4n) is 2.17. The van der Waals surface area contributed by atoms with Gasteiger partial charge in [-0.05, 0) is 30.3 Å². The summed E-state index contributed by atoms with van der Waals surface area (Å²) in [5.41, 5.74) is 0.571. The van der Waals surface area contributed by atoms with Crippen LogP contribution in [0.3, 0.4) is 0 Å². The summed E-state index contributed by atoms with van der Waals surface area (Å²) in [6.45, 7) is 4.17. The van der Waals surface area contributed by atoms with Crippen LogP contribution in [-0.4, -0.2) is 36.7 Å². The standard InChI is InChI=1S/C16H18ClN3O3S/c1-3-20(4-2)24(22,23)15-11-12(8-9-13(15)17)19-16(21)14-7-5-6-10-18-14/h5-11H,3-4H2,1-2H3,(H,19,21). The monoisotopic (exact) mass is 367 g/mol. The largest absolute Gasteiger partial charge is 0.321 e. The van der Waals surface area contributed by atoms with Crippen molar-refractivity contribution in [3.8, 4) is 0 Å². The number of hydrogen-bond acceptors (Lipinski definition) is 4. The predicted octanol–water partition coefficient (Wildman–Crippen LogP) is 3.02. The minimum atomic E-state index is -3.72. The van der Waals surface area contributed by atoms with E-state index in [1.54, 1.807) is 38.1 Å². The van der Waals surface area contributed by atoms with E-state index in [2.05, 4.69) is 10.3 Å². The van der Waals surface area contributed by atoms with Crippen molar-refractivity contribution in [1.82, 2.24) is 9.29 Å². The molecule has 1 aromatic carbocycles. The number of sulfonamides is 1. The van der Waals surface area contributed by atoms with E-state index in [9.17, 15) is 13.2 Å². The zero-order valence-electron chi connectivity index (χ0n) is 13.4. The molecule has 0 atom stereocenters. The lowest BCUT2D eigenvalue weighted by Gasteiger charge is -2.19. The first-order valence-electron chi connectivity index (χ1n) is 7.42. The molecule has 128 valence electrons. The lowest BCUT2D eigenvalue weighted by Crippen LogP contribution is -2.30. The van der Waals surface area contributed by atoms with Gasteiger partial charge in [-0.25, -0.2) is 8.42 Å². The lowest BCUT2D eigenvalue weighted by atomic mass is 10.3. The zero-order chi connectivity index (χ0) is 17.7. The molecule has 8 heteroatoms. The van der Waals surface area contributed by atoms with Gasteiger partial charge in [0.25, 0.3) is 5.91 Å². The second-order valence-corrected chi connectivity index (χ2v) is 7.22. The molecule has 24 heavy (non-hydrogen) atoms. The molecule has 0 fully saturated rings.